The van der Waals surface area contributed by atoms with Crippen LogP contribution in [-0.2, 0) is 14.4 Å². The second-order valence-electron chi connectivity index (χ2n) is 3.74. The summed E-state index contributed by atoms with van der Waals surface area (Å²) < 4.78 is 4.75. The van der Waals surface area contributed by atoms with E-state index in [4.69, 9.17) is 9.57 Å². The smallest absolute Gasteiger partial charge is 0.361 e. The quantitative estimate of drug-likeness (QED) is 0.740. The Morgan fingerprint density at radius 2 is 1.67 bits per heavy atom. The van der Waals surface area contributed by atoms with Crippen LogP contribution in [0.4, 0.5) is 0 Å². The van der Waals surface area contributed by atoms with Gasteiger partial charge in [-0.25, -0.2) is 4.79 Å². The molecule has 0 N–H and O–H groups in total. The molecule has 0 fully saturated rings. The third kappa shape index (κ3) is 1.86. The van der Waals surface area contributed by atoms with Crippen molar-refractivity contribution in [3.05, 3.63) is 35.4 Å². The molecule has 0 aliphatic carbocycles. The van der Waals surface area contributed by atoms with Gasteiger partial charge in [-0.05, 0) is 19.1 Å². The molecular weight excluding hydrogens is 238 g/mol. The van der Waals surface area contributed by atoms with Gasteiger partial charge in [0.25, 0.3) is 11.8 Å². The van der Waals surface area contributed by atoms with E-state index in [0.717, 1.165) is 0 Å². The largest absolute Gasteiger partial charge is 0.370 e. The lowest BCUT2D eigenvalue weighted by Crippen LogP contribution is -2.36. The average molecular weight is 249 g/mol. The summed E-state index contributed by atoms with van der Waals surface area (Å²) >= 11 is 0. The fourth-order valence-electron chi connectivity index (χ4n) is 1.51. The van der Waals surface area contributed by atoms with Gasteiger partial charge in [0.15, 0.2) is 6.10 Å². The van der Waals surface area contributed by atoms with Gasteiger partial charge in [-0.2, -0.15) is 0 Å². The highest BCUT2D eigenvalue weighted by Crippen LogP contribution is 2.22. The lowest BCUT2D eigenvalue weighted by atomic mass is 10.1. The van der Waals surface area contributed by atoms with Crippen LogP contribution in [0.3, 0.4) is 0 Å². The molecule has 0 radical (unpaired) electrons. The van der Waals surface area contributed by atoms with Gasteiger partial charge in [-0.15, -0.1) is 0 Å². The fraction of sp³-hybridized carbons (Fsp3) is 0.250. The van der Waals surface area contributed by atoms with Gasteiger partial charge >= 0.3 is 5.97 Å². The minimum atomic E-state index is -0.852. The molecular formula is C12H11NO5. The van der Waals surface area contributed by atoms with Crippen molar-refractivity contribution < 1.29 is 24.0 Å². The number of imide groups is 1. The Hall–Kier alpha value is -2.21. The van der Waals surface area contributed by atoms with Crippen LogP contribution >= 0.6 is 0 Å². The van der Waals surface area contributed by atoms with Crippen molar-refractivity contribution >= 4 is 17.8 Å². The van der Waals surface area contributed by atoms with Gasteiger partial charge < -0.3 is 9.57 Å². The molecule has 0 spiro atoms. The number of fused-ring (bicyclic) bond motifs is 1. The molecule has 1 atom stereocenters. The summed E-state index contributed by atoms with van der Waals surface area (Å²) in [5.74, 6) is -2.09. The zero-order chi connectivity index (χ0) is 13.3. The maximum absolute atomic E-state index is 11.8. The third-order valence-corrected chi connectivity index (χ3v) is 2.62. The third-order valence-electron chi connectivity index (χ3n) is 2.62. The van der Waals surface area contributed by atoms with E-state index in [-0.39, 0.29) is 11.1 Å². The fourth-order valence-corrected chi connectivity index (χ4v) is 1.51. The Bertz CT molecular complexity index is 490. The topological polar surface area (TPSA) is 72.9 Å². The number of hydrogen-bond acceptors (Lipinski definition) is 5. The highest BCUT2D eigenvalue weighted by Gasteiger charge is 2.39. The number of hydrogen-bond donors (Lipinski definition) is 0. The molecule has 18 heavy (non-hydrogen) atoms. The van der Waals surface area contributed by atoms with Crippen molar-refractivity contribution in [1.29, 1.82) is 0 Å². The minimum Gasteiger partial charge on any atom is -0.370 e. The minimum absolute atomic E-state index is 0.223. The monoisotopic (exact) mass is 249 g/mol. The first-order valence-corrected chi connectivity index (χ1v) is 5.28. The summed E-state index contributed by atoms with van der Waals surface area (Å²) in [7, 11) is 1.33. The highest BCUT2D eigenvalue weighted by atomic mass is 16.7. The van der Waals surface area contributed by atoms with E-state index >= 15 is 0 Å². The van der Waals surface area contributed by atoms with E-state index in [1.807, 2.05) is 0 Å². The maximum Gasteiger partial charge on any atom is 0.361 e. The van der Waals surface area contributed by atoms with Crippen LogP contribution in [0.2, 0.25) is 0 Å². The molecule has 1 aliphatic rings. The molecule has 0 saturated carbocycles. The predicted octanol–water partition coefficient (Wildman–Crippen LogP) is 0.776. The summed E-state index contributed by atoms with van der Waals surface area (Å²) in [5.41, 5.74) is 0.445. The summed E-state index contributed by atoms with van der Waals surface area (Å²) in [5, 5.41) is 0.461. The number of methoxy groups -OCH3 is 1. The first kappa shape index (κ1) is 12.3. The van der Waals surface area contributed by atoms with Crippen molar-refractivity contribution in [1.82, 2.24) is 5.06 Å². The van der Waals surface area contributed by atoms with E-state index in [9.17, 15) is 14.4 Å². The van der Waals surface area contributed by atoms with E-state index in [0.29, 0.717) is 5.06 Å². The second kappa shape index (κ2) is 4.58. The first-order valence-electron chi connectivity index (χ1n) is 5.28. The van der Waals surface area contributed by atoms with Gasteiger partial charge in [0, 0.05) is 7.11 Å². The molecule has 94 valence electrons. The van der Waals surface area contributed by atoms with Gasteiger partial charge in [0.1, 0.15) is 0 Å². The van der Waals surface area contributed by atoms with E-state index in [1.54, 1.807) is 12.1 Å². The van der Waals surface area contributed by atoms with Crippen LogP contribution in [0, 0.1) is 0 Å². The lowest BCUT2D eigenvalue weighted by Gasteiger charge is -2.15. The van der Waals surface area contributed by atoms with Crippen LogP contribution in [0.25, 0.3) is 0 Å². The zero-order valence-electron chi connectivity index (χ0n) is 9.88. The van der Waals surface area contributed by atoms with E-state index in [1.165, 1.54) is 26.2 Å². The number of carbonyl (C=O) groups is 3. The molecule has 0 saturated heterocycles. The summed E-state index contributed by atoms with van der Waals surface area (Å²) in [4.78, 5) is 39.9. The number of benzene rings is 1. The van der Waals surface area contributed by atoms with Crippen LogP contribution in [0.15, 0.2) is 24.3 Å². The molecule has 6 heteroatoms. The number of nitrogens with zero attached hydrogens (tertiary/aromatic N) is 1. The van der Waals surface area contributed by atoms with Crippen molar-refractivity contribution in [2.45, 2.75) is 13.0 Å². The van der Waals surface area contributed by atoms with E-state index < -0.39 is 23.9 Å². The van der Waals surface area contributed by atoms with Gasteiger partial charge in [0.2, 0.25) is 0 Å². The molecule has 1 aromatic carbocycles. The lowest BCUT2D eigenvalue weighted by molar-refractivity contribution is -0.179. The Balaban J connectivity index is 2.22. The second-order valence-corrected chi connectivity index (χ2v) is 3.74. The van der Waals surface area contributed by atoms with Gasteiger partial charge in [0.05, 0.1) is 11.1 Å². The van der Waals surface area contributed by atoms with Crippen LogP contribution in [0.5, 0.6) is 0 Å². The molecule has 0 aromatic heterocycles. The SMILES string of the molecule is COC(C)C(=O)ON1C(=O)c2ccccc2C1=O. The Kier molecular flexibility index (Phi) is 3.12. The number of hydroxylamine groups is 2. The number of carbonyl (C=O) groups excluding carboxylic acids is 3. The summed E-state index contributed by atoms with van der Waals surface area (Å²) in [6.07, 6.45) is -0.852. The van der Waals surface area contributed by atoms with Gasteiger partial charge in [-0.1, -0.05) is 17.2 Å². The van der Waals surface area contributed by atoms with Gasteiger partial charge in [-0.3, -0.25) is 9.59 Å². The average Bonchev–Trinajstić information content (AvgIpc) is 2.63. The van der Waals surface area contributed by atoms with Crippen molar-refractivity contribution in [2.24, 2.45) is 0 Å². The van der Waals surface area contributed by atoms with Crippen molar-refractivity contribution in [3.8, 4) is 0 Å². The molecule has 6 nitrogen and oxygen atoms in total. The Morgan fingerprint density at radius 1 is 1.17 bits per heavy atom. The molecule has 0 bridgehead atoms. The van der Waals surface area contributed by atoms with Crippen molar-refractivity contribution in [3.63, 3.8) is 0 Å². The zero-order valence-corrected chi connectivity index (χ0v) is 9.88. The number of amides is 2. The summed E-state index contributed by atoms with van der Waals surface area (Å²) in [6, 6.07) is 6.27. The number of ether oxygens (including phenoxy) is 1. The Labute approximate surface area is 103 Å². The van der Waals surface area contributed by atoms with Crippen LogP contribution in [0.1, 0.15) is 27.6 Å². The Morgan fingerprint density at radius 3 is 2.11 bits per heavy atom. The molecule has 2 amide bonds. The first-order chi connectivity index (χ1) is 8.56. The molecule has 2 rings (SSSR count). The molecule has 1 aliphatic heterocycles. The molecule has 1 heterocycles. The van der Waals surface area contributed by atoms with Crippen molar-refractivity contribution in [2.75, 3.05) is 7.11 Å². The molecule has 1 unspecified atom stereocenters. The van der Waals surface area contributed by atoms with Crippen LogP contribution < -0.4 is 0 Å². The summed E-state index contributed by atoms with van der Waals surface area (Å²) in [6.45, 7) is 1.46. The van der Waals surface area contributed by atoms with Crippen LogP contribution in [-0.4, -0.2) is 36.1 Å². The number of rotatable bonds is 3. The predicted molar refractivity (Wildman–Crippen MR) is 59.5 cm³/mol. The molecule has 1 aromatic rings. The maximum atomic E-state index is 11.8. The van der Waals surface area contributed by atoms with E-state index in [2.05, 4.69) is 0 Å². The standard InChI is InChI=1S/C12H11NO5/c1-7(17-2)12(16)18-13-10(14)8-5-3-4-6-9(8)11(13)15/h3-7H,1-2H3. The normalized spacial score (nSPS) is 15.6. The highest BCUT2D eigenvalue weighted by molar-refractivity contribution is 6.20.